The number of hydrogen-bond acceptors (Lipinski definition) is 3. The second kappa shape index (κ2) is 2.57. The number of carbonyl (C=O) groups is 3. The number of piperazine rings is 1. The van der Waals surface area contributed by atoms with Crippen LogP contribution in [0.3, 0.4) is 0 Å². The molecule has 1 heterocycles. The monoisotopic (exact) mass is 158 g/mol. The molecule has 1 atom stereocenters. The molecule has 6 nitrogen and oxygen atoms in total. The summed E-state index contributed by atoms with van der Waals surface area (Å²) in [7, 11) is 0. The number of nitrogens with one attached hydrogen (secondary N) is 2. The van der Waals surface area contributed by atoms with Crippen molar-refractivity contribution in [2.45, 2.75) is 6.04 Å². The van der Waals surface area contributed by atoms with Crippen LogP contribution in [0.1, 0.15) is 0 Å². The Morgan fingerprint density at radius 1 is 1.55 bits per heavy atom. The lowest BCUT2D eigenvalue weighted by atomic mass is 10.2. The number of carbonyl (C=O) groups excluding carboxylic acids is 2. The molecule has 1 saturated heterocycles. The Hall–Kier alpha value is -1.59. The Morgan fingerprint density at radius 2 is 2.18 bits per heavy atom. The second-order valence-electron chi connectivity index (χ2n) is 2.06. The molecule has 1 fully saturated rings. The predicted molar refractivity (Wildman–Crippen MR) is 32.6 cm³/mol. The maximum Gasteiger partial charge on any atom is 0.336 e. The van der Waals surface area contributed by atoms with Gasteiger partial charge in [0.1, 0.15) is 0 Å². The fourth-order valence-electron chi connectivity index (χ4n) is 0.721. The molecule has 0 aromatic rings. The molecule has 1 rings (SSSR count). The van der Waals surface area contributed by atoms with Crippen molar-refractivity contribution in [3.63, 3.8) is 0 Å². The molecule has 0 spiro atoms. The van der Waals surface area contributed by atoms with Gasteiger partial charge >= 0.3 is 5.97 Å². The van der Waals surface area contributed by atoms with Crippen LogP contribution in [0.4, 0.5) is 0 Å². The van der Waals surface area contributed by atoms with Gasteiger partial charge in [-0.05, 0) is 0 Å². The predicted octanol–water partition coefficient (Wildman–Crippen LogP) is -2.31. The Kier molecular flexibility index (Phi) is 1.75. The summed E-state index contributed by atoms with van der Waals surface area (Å²) in [4.78, 5) is 31.4. The fourth-order valence-corrected chi connectivity index (χ4v) is 0.721. The zero-order valence-electron chi connectivity index (χ0n) is 5.46. The third-order valence-corrected chi connectivity index (χ3v) is 1.24. The Balaban J connectivity index is 2.69. The number of hydrogen-bond donors (Lipinski definition) is 3. The molecule has 1 aliphatic rings. The van der Waals surface area contributed by atoms with Crippen molar-refractivity contribution in [3.8, 4) is 0 Å². The van der Waals surface area contributed by atoms with E-state index in [0.29, 0.717) is 0 Å². The number of carboxylic acids is 1. The topological polar surface area (TPSA) is 95.5 Å². The van der Waals surface area contributed by atoms with E-state index in [1.807, 2.05) is 5.32 Å². The highest BCUT2D eigenvalue weighted by Gasteiger charge is 2.31. The molecular formula is C5H6N2O4. The van der Waals surface area contributed by atoms with Crippen LogP contribution in [0.25, 0.3) is 0 Å². The first-order chi connectivity index (χ1) is 5.11. The van der Waals surface area contributed by atoms with Gasteiger partial charge in [-0.2, -0.15) is 0 Å². The number of amides is 2. The largest absolute Gasteiger partial charge is 0.479 e. The average molecular weight is 158 g/mol. The summed E-state index contributed by atoms with van der Waals surface area (Å²) in [5, 5.41) is 12.5. The van der Waals surface area contributed by atoms with Crippen molar-refractivity contribution >= 4 is 17.8 Å². The highest BCUT2D eigenvalue weighted by Crippen LogP contribution is 1.89. The molecule has 3 N–H and O–H groups in total. The van der Waals surface area contributed by atoms with Crippen LogP contribution in [-0.2, 0) is 14.4 Å². The van der Waals surface area contributed by atoms with E-state index < -0.39 is 23.8 Å². The van der Waals surface area contributed by atoms with E-state index in [1.165, 1.54) is 0 Å². The summed E-state index contributed by atoms with van der Waals surface area (Å²) in [6.07, 6.45) is 0. The summed E-state index contributed by atoms with van der Waals surface area (Å²) < 4.78 is 0. The van der Waals surface area contributed by atoms with Gasteiger partial charge in [0.2, 0.25) is 11.9 Å². The van der Waals surface area contributed by atoms with Gasteiger partial charge in [-0.1, -0.05) is 0 Å². The summed E-state index contributed by atoms with van der Waals surface area (Å²) in [5.74, 6) is -2.52. The molecule has 11 heavy (non-hydrogen) atoms. The molecule has 0 radical (unpaired) electrons. The van der Waals surface area contributed by atoms with Crippen molar-refractivity contribution in [3.05, 3.63) is 0 Å². The van der Waals surface area contributed by atoms with Crippen LogP contribution in [0.2, 0.25) is 0 Å². The van der Waals surface area contributed by atoms with Crippen LogP contribution < -0.4 is 10.6 Å². The summed E-state index contributed by atoms with van der Waals surface area (Å²) >= 11 is 0. The van der Waals surface area contributed by atoms with Crippen molar-refractivity contribution in [2.75, 3.05) is 6.54 Å². The lowest BCUT2D eigenvalue weighted by Crippen LogP contribution is -2.59. The van der Waals surface area contributed by atoms with Gasteiger partial charge in [0.05, 0.1) is 6.54 Å². The van der Waals surface area contributed by atoms with Gasteiger partial charge in [0.15, 0.2) is 0 Å². The first-order valence-corrected chi connectivity index (χ1v) is 2.91. The normalized spacial score (nSPS) is 23.8. The Labute approximate surface area is 61.6 Å². The van der Waals surface area contributed by atoms with Crippen molar-refractivity contribution < 1.29 is 19.5 Å². The van der Waals surface area contributed by atoms with Crippen molar-refractivity contribution in [1.82, 2.24) is 10.6 Å². The second-order valence-corrected chi connectivity index (χ2v) is 2.06. The molecule has 0 aliphatic carbocycles. The van der Waals surface area contributed by atoms with E-state index in [-0.39, 0.29) is 6.54 Å². The van der Waals surface area contributed by atoms with E-state index in [2.05, 4.69) is 5.32 Å². The van der Waals surface area contributed by atoms with E-state index in [1.54, 1.807) is 0 Å². The summed E-state index contributed by atoms with van der Waals surface area (Å²) in [6.45, 7) is -0.150. The zero-order chi connectivity index (χ0) is 8.43. The van der Waals surface area contributed by atoms with Gasteiger partial charge in [0.25, 0.3) is 5.91 Å². The minimum Gasteiger partial charge on any atom is -0.479 e. The zero-order valence-corrected chi connectivity index (χ0v) is 5.46. The number of aliphatic carboxylic acids is 1. The third kappa shape index (κ3) is 1.46. The van der Waals surface area contributed by atoms with Crippen LogP contribution >= 0.6 is 0 Å². The van der Waals surface area contributed by atoms with Gasteiger partial charge in [0, 0.05) is 0 Å². The molecule has 1 unspecified atom stereocenters. The molecule has 6 heteroatoms. The highest BCUT2D eigenvalue weighted by molar-refractivity contribution is 6.07. The van der Waals surface area contributed by atoms with E-state index in [0.717, 1.165) is 0 Å². The van der Waals surface area contributed by atoms with Gasteiger partial charge in [-0.15, -0.1) is 0 Å². The summed E-state index contributed by atoms with van der Waals surface area (Å²) in [6, 6.07) is -1.43. The summed E-state index contributed by atoms with van der Waals surface area (Å²) in [5.41, 5.74) is 0. The third-order valence-electron chi connectivity index (χ3n) is 1.24. The van der Waals surface area contributed by atoms with E-state index in [9.17, 15) is 14.4 Å². The average Bonchev–Trinajstić information content (AvgIpc) is 1.94. The molecule has 2 amide bonds. The van der Waals surface area contributed by atoms with E-state index >= 15 is 0 Å². The van der Waals surface area contributed by atoms with Crippen molar-refractivity contribution in [2.24, 2.45) is 0 Å². The number of rotatable bonds is 1. The van der Waals surface area contributed by atoms with Crippen LogP contribution in [0.5, 0.6) is 0 Å². The maximum atomic E-state index is 10.7. The van der Waals surface area contributed by atoms with E-state index in [4.69, 9.17) is 5.11 Å². The molecule has 1 aliphatic heterocycles. The Morgan fingerprint density at radius 3 is 2.64 bits per heavy atom. The minimum absolute atomic E-state index is 0.150. The molecule has 60 valence electrons. The maximum absolute atomic E-state index is 10.7. The van der Waals surface area contributed by atoms with Gasteiger partial charge in [-0.25, -0.2) is 4.79 Å². The first-order valence-electron chi connectivity index (χ1n) is 2.91. The fraction of sp³-hybridized carbons (Fsp3) is 0.400. The standard InChI is InChI=1S/C5H6N2O4/c8-2-1-6-4(9)3(7-2)5(10)11/h3H,1H2,(H,6,9)(H,7,8)(H,10,11). The molecule has 0 aromatic carbocycles. The van der Waals surface area contributed by atoms with Crippen molar-refractivity contribution in [1.29, 1.82) is 0 Å². The molecule has 0 bridgehead atoms. The SMILES string of the molecule is O=C1CNC(=O)C(C(=O)O)N1. The number of carboxylic acid groups (broad SMARTS) is 1. The molecular weight excluding hydrogens is 152 g/mol. The van der Waals surface area contributed by atoms with Crippen LogP contribution in [0, 0.1) is 0 Å². The molecule has 0 saturated carbocycles. The Bertz CT molecular complexity index is 225. The first kappa shape index (κ1) is 7.52. The highest BCUT2D eigenvalue weighted by atomic mass is 16.4. The lowest BCUT2D eigenvalue weighted by molar-refractivity contribution is -0.148. The van der Waals surface area contributed by atoms with Crippen LogP contribution in [-0.4, -0.2) is 35.5 Å². The lowest BCUT2D eigenvalue weighted by Gasteiger charge is -2.19. The smallest absolute Gasteiger partial charge is 0.336 e. The van der Waals surface area contributed by atoms with Gasteiger partial charge in [-0.3, -0.25) is 9.59 Å². The van der Waals surface area contributed by atoms with Gasteiger partial charge < -0.3 is 15.7 Å². The minimum atomic E-state index is -1.43. The van der Waals surface area contributed by atoms with Crippen LogP contribution in [0.15, 0.2) is 0 Å². The molecule has 0 aromatic heterocycles. The quantitative estimate of drug-likeness (QED) is 0.373.